The first kappa shape index (κ1) is 24.1. The van der Waals surface area contributed by atoms with Gasteiger partial charge in [0.1, 0.15) is 0 Å². The second-order valence-electron chi connectivity index (χ2n) is 8.80. The first-order chi connectivity index (χ1) is 16.5. The lowest BCUT2D eigenvalue weighted by atomic mass is 9.97. The molecular formula is C27H31N3O3S. The number of anilines is 1. The second kappa shape index (κ2) is 11.4. The van der Waals surface area contributed by atoms with Gasteiger partial charge in [0.05, 0.1) is 5.75 Å². The summed E-state index contributed by atoms with van der Waals surface area (Å²) in [6.45, 7) is 0.799. The lowest BCUT2D eigenvalue weighted by Gasteiger charge is -2.30. The van der Waals surface area contributed by atoms with Crippen LogP contribution in [0.5, 0.6) is 0 Å². The summed E-state index contributed by atoms with van der Waals surface area (Å²) in [5.41, 5.74) is 4.27. The van der Waals surface area contributed by atoms with E-state index in [1.54, 1.807) is 16.7 Å². The highest BCUT2D eigenvalue weighted by Gasteiger charge is 2.30. The number of piperidine rings is 1. The van der Waals surface area contributed by atoms with Crippen molar-refractivity contribution in [2.45, 2.75) is 32.1 Å². The van der Waals surface area contributed by atoms with Gasteiger partial charge in [0.15, 0.2) is 0 Å². The molecule has 0 bridgehead atoms. The zero-order valence-corrected chi connectivity index (χ0v) is 20.1. The SMILES string of the molecule is O=C(Nc1ccc(Cc2ccncc2)cc1)C1CCN(S(=O)(=O)CCCc2ccccc2)CC1. The summed E-state index contributed by atoms with van der Waals surface area (Å²) in [7, 11) is -3.29. The fourth-order valence-electron chi connectivity index (χ4n) is 4.32. The third kappa shape index (κ3) is 6.74. The first-order valence-corrected chi connectivity index (χ1v) is 13.4. The van der Waals surface area contributed by atoms with Crippen molar-refractivity contribution in [2.75, 3.05) is 24.2 Å². The van der Waals surface area contributed by atoms with E-state index in [2.05, 4.69) is 10.3 Å². The van der Waals surface area contributed by atoms with Gasteiger partial charge in [-0.3, -0.25) is 9.78 Å². The molecule has 4 rings (SSSR count). The molecule has 0 radical (unpaired) electrons. The van der Waals surface area contributed by atoms with Crippen LogP contribution >= 0.6 is 0 Å². The maximum atomic E-state index is 12.7. The molecule has 0 spiro atoms. The van der Waals surface area contributed by atoms with E-state index in [0.717, 1.165) is 29.7 Å². The van der Waals surface area contributed by atoms with Gasteiger partial charge in [0.25, 0.3) is 0 Å². The minimum Gasteiger partial charge on any atom is -0.326 e. The molecule has 178 valence electrons. The molecule has 1 aliphatic heterocycles. The van der Waals surface area contributed by atoms with Crippen molar-refractivity contribution < 1.29 is 13.2 Å². The quantitative estimate of drug-likeness (QED) is 0.499. The van der Waals surface area contributed by atoms with Gasteiger partial charge in [0.2, 0.25) is 15.9 Å². The number of nitrogens with zero attached hydrogens (tertiary/aromatic N) is 2. The lowest BCUT2D eigenvalue weighted by Crippen LogP contribution is -2.42. The highest BCUT2D eigenvalue weighted by atomic mass is 32.2. The van der Waals surface area contributed by atoms with Crippen LogP contribution in [0.25, 0.3) is 0 Å². The van der Waals surface area contributed by atoms with Gasteiger partial charge in [-0.15, -0.1) is 0 Å². The van der Waals surface area contributed by atoms with E-state index >= 15 is 0 Å². The zero-order valence-electron chi connectivity index (χ0n) is 19.3. The number of amides is 1. The molecule has 0 unspecified atom stereocenters. The van der Waals surface area contributed by atoms with Crippen LogP contribution in [-0.4, -0.2) is 42.5 Å². The molecule has 7 heteroatoms. The van der Waals surface area contributed by atoms with Crippen LogP contribution in [0, 0.1) is 5.92 Å². The molecule has 1 saturated heterocycles. The van der Waals surface area contributed by atoms with E-state index in [4.69, 9.17) is 0 Å². The van der Waals surface area contributed by atoms with E-state index < -0.39 is 10.0 Å². The topological polar surface area (TPSA) is 79.4 Å². The molecule has 0 aliphatic carbocycles. The zero-order chi connectivity index (χ0) is 23.8. The lowest BCUT2D eigenvalue weighted by molar-refractivity contribution is -0.120. The van der Waals surface area contributed by atoms with Gasteiger partial charge in [-0.2, -0.15) is 0 Å². The molecule has 2 heterocycles. The van der Waals surface area contributed by atoms with E-state index in [9.17, 15) is 13.2 Å². The summed E-state index contributed by atoms with van der Waals surface area (Å²) < 4.78 is 27.0. The fourth-order valence-corrected chi connectivity index (χ4v) is 5.85. The maximum Gasteiger partial charge on any atom is 0.227 e. The van der Waals surface area contributed by atoms with E-state index in [-0.39, 0.29) is 17.6 Å². The largest absolute Gasteiger partial charge is 0.326 e. The van der Waals surface area contributed by atoms with Gasteiger partial charge in [-0.05, 0) is 73.1 Å². The smallest absolute Gasteiger partial charge is 0.227 e. The molecule has 0 atom stereocenters. The molecular weight excluding hydrogens is 446 g/mol. The third-order valence-electron chi connectivity index (χ3n) is 6.31. The number of nitrogens with one attached hydrogen (secondary N) is 1. The van der Waals surface area contributed by atoms with E-state index in [1.165, 1.54) is 5.56 Å². The minimum atomic E-state index is -3.29. The Morgan fingerprint density at radius 3 is 2.21 bits per heavy atom. The van der Waals surface area contributed by atoms with Crippen LogP contribution in [0.2, 0.25) is 0 Å². The summed E-state index contributed by atoms with van der Waals surface area (Å²) in [6.07, 6.45) is 6.82. The minimum absolute atomic E-state index is 0.0389. The van der Waals surface area contributed by atoms with Crippen LogP contribution in [0.1, 0.15) is 36.0 Å². The van der Waals surface area contributed by atoms with Gasteiger partial charge in [-0.25, -0.2) is 12.7 Å². The number of aromatic nitrogens is 1. The van der Waals surface area contributed by atoms with Crippen molar-refractivity contribution in [1.29, 1.82) is 0 Å². The number of carbonyl (C=O) groups is 1. The Morgan fingerprint density at radius 1 is 0.882 bits per heavy atom. The van der Waals surface area contributed by atoms with Crippen molar-refractivity contribution in [3.8, 4) is 0 Å². The number of hydrogen-bond acceptors (Lipinski definition) is 4. The Bertz CT molecular complexity index is 1160. The van der Waals surface area contributed by atoms with Gasteiger partial charge in [-0.1, -0.05) is 42.5 Å². The highest BCUT2D eigenvalue weighted by Crippen LogP contribution is 2.23. The van der Waals surface area contributed by atoms with Crippen LogP contribution in [-0.2, 0) is 27.7 Å². The molecule has 1 aromatic heterocycles. The number of aryl methyl sites for hydroxylation is 1. The molecule has 2 aromatic carbocycles. The third-order valence-corrected chi connectivity index (χ3v) is 8.26. The van der Waals surface area contributed by atoms with Crippen LogP contribution in [0.4, 0.5) is 5.69 Å². The molecule has 1 N–H and O–H groups in total. The average molecular weight is 478 g/mol. The number of hydrogen-bond donors (Lipinski definition) is 1. The second-order valence-corrected chi connectivity index (χ2v) is 10.9. The number of benzene rings is 2. The highest BCUT2D eigenvalue weighted by molar-refractivity contribution is 7.89. The van der Waals surface area contributed by atoms with Crippen molar-refractivity contribution in [3.05, 3.63) is 95.8 Å². The number of carbonyl (C=O) groups excluding carboxylic acids is 1. The van der Waals surface area contributed by atoms with Gasteiger partial charge in [0, 0.05) is 37.1 Å². The first-order valence-electron chi connectivity index (χ1n) is 11.8. The molecule has 1 amide bonds. The molecule has 1 aliphatic rings. The van der Waals surface area contributed by atoms with Crippen LogP contribution < -0.4 is 5.32 Å². The number of rotatable bonds is 9. The van der Waals surface area contributed by atoms with Crippen molar-refractivity contribution in [1.82, 2.24) is 9.29 Å². The van der Waals surface area contributed by atoms with Crippen molar-refractivity contribution >= 4 is 21.6 Å². The monoisotopic (exact) mass is 477 g/mol. The maximum absolute atomic E-state index is 12.7. The summed E-state index contributed by atoms with van der Waals surface area (Å²) in [6, 6.07) is 21.8. The van der Waals surface area contributed by atoms with E-state index in [0.29, 0.717) is 32.4 Å². The number of pyridine rings is 1. The van der Waals surface area contributed by atoms with E-state index in [1.807, 2.05) is 66.7 Å². The Balaban J connectivity index is 1.22. The van der Waals surface area contributed by atoms with Crippen molar-refractivity contribution in [2.24, 2.45) is 5.92 Å². The van der Waals surface area contributed by atoms with Gasteiger partial charge < -0.3 is 5.32 Å². The predicted octanol–water partition coefficient (Wildman–Crippen LogP) is 4.29. The van der Waals surface area contributed by atoms with Crippen LogP contribution in [0.15, 0.2) is 79.1 Å². The Hall–Kier alpha value is -3.03. The number of sulfonamides is 1. The summed E-state index contributed by atoms with van der Waals surface area (Å²) >= 11 is 0. The summed E-state index contributed by atoms with van der Waals surface area (Å²) in [4.78, 5) is 16.8. The van der Waals surface area contributed by atoms with Crippen LogP contribution in [0.3, 0.4) is 0 Å². The predicted molar refractivity (Wildman–Crippen MR) is 135 cm³/mol. The molecule has 6 nitrogen and oxygen atoms in total. The molecule has 1 fully saturated rings. The Kier molecular flexibility index (Phi) is 8.08. The Morgan fingerprint density at radius 2 is 1.53 bits per heavy atom. The molecule has 0 saturated carbocycles. The fraction of sp³-hybridized carbons (Fsp3) is 0.333. The van der Waals surface area contributed by atoms with Crippen molar-refractivity contribution in [3.63, 3.8) is 0 Å². The standard InChI is InChI=1S/C27H31N3O3S/c31-27(29-26-10-8-23(9-11-26)21-24-12-16-28-17-13-24)25-14-18-30(19-15-25)34(32,33)20-4-7-22-5-2-1-3-6-22/h1-3,5-6,8-13,16-17,25H,4,7,14-15,18-21H2,(H,29,31). The average Bonchev–Trinajstić information content (AvgIpc) is 2.86. The normalized spacial score (nSPS) is 15.2. The molecule has 3 aromatic rings. The molecule has 34 heavy (non-hydrogen) atoms. The Labute approximate surface area is 202 Å². The van der Waals surface area contributed by atoms with Gasteiger partial charge >= 0.3 is 0 Å². The summed E-state index contributed by atoms with van der Waals surface area (Å²) in [5, 5.41) is 2.99. The summed E-state index contributed by atoms with van der Waals surface area (Å²) in [5.74, 6) is -0.0693.